The lowest BCUT2D eigenvalue weighted by Gasteiger charge is -2.12. The zero-order valence-electron chi connectivity index (χ0n) is 14.6. The third kappa shape index (κ3) is 5.30. The second kappa shape index (κ2) is 8.96. The molecular weight excluding hydrogens is 302 g/mol. The van der Waals surface area contributed by atoms with Gasteiger partial charge in [0.05, 0.1) is 18.9 Å². The first kappa shape index (κ1) is 17.9. The van der Waals surface area contributed by atoms with Crippen LogP contribution in [0.15, 0.2) is 42.5 Å². The van der Waals surface area contributed by atoms with E-state index < -0.39 is 0 Å². The number of nitrogens with one attached hydrogen (secondary N) is 1. The number of ether oxygens (including phenoxy) is 2. The first-order valence-corrected chi connectivity index (χ1v) is 8.32. The molecule has 1 amide bonds. The molecule has 128 valence electrons. The maximum atomic E-state index is 12.1. The van der Waals surface area contributed by atoms with Crippen LogP contribution < -0.4 is 14.8 Å². The molecule has 0 aliphatic rings. The van der Waals surface area contributed by atoms with Crippen molar-refractivity contribution in [2.24, 2.45) is 0 Å². The Bertz CT molecular complexity index is 682. The van der Waals surface area contributed by atoms with Gasteiger partial charge in [-0.2, -0.15) is 0 Å². The summed E-state index contributed by atoms with van der Waals surface area (Å²) < 4.78 is 11.3. The highest BCUT2D eigenvalue weighted by molar-refractivity contribution is 5.92. The van der Waals surface area contributed by atoms with Gasteiger partial charge < -0.3 is 14.8 Å². The normalized spacial score (nSPS) is 10.3. The van der Waals surface area contributed by atoms with Crippen molar-refractivity contribution in [3.63, 3.8) is 0 Å². The molecule has 0 unspecified atom stereocenters. The Morgan fingerprint density at radius 2 is 1.83 bits per heavy atom. The zero-order chi connectivity index (χ0) is 17.4. The summed E-state index contributed by atoms with van der Waals surface area (Å²) in [5, 5.41) is 2.89. The molecule has 4 heteroatoms. The Labute approximate surface area is 143 Å². The van der Waals surface area contributed by atoms with Gasteiger partial charge in [-0.05, 0) is 51.0 Å². The van der Waals surface area contributed by atoms with Gasteiger partial charge in [0.15, 0.2) is 0 Å². The number of amides is 1. The topological polar surface area (TPSA) is 47.6 Å². The van der Waals surface area contributed by atoms with Crippen LogP contribution in [0.2, 0.25) is 0 Å². The number of anilines is 1. The van der Waals surface area contributed by atoms with Crippen LogP contribution in [0.25, 0.3) is 0 Å². The quantitative estimate of drug-likeness (QED) is 0.726. The summed E-state index contributed by atoms with van der Waals surface area (Å²) >= 11 is 0. The molecule has 0 saturated carbocycles. The summed E-state index contributed by atoms with van der Waals surface area (Å²) in [6.07, 6.45) is 1.07. The number of rotatable bonds is 8. The number of aryl methyl sites for hydroxylation is 2. The number of para-hydroxylation sites is 2. The Balaban J connectivity index is 1.77. The molecular formula is C20H25NO3. The monoisotopic (exact) mass is 327 g/mol. The molecule has 0 heterocycles. The fraction of sp³-hybridized carbons (Fsp3) is 0.350. The van der Waals surface area contributed by atoms with E-state index in [4.69, 9.17) is 9.47 Å². The molecule has 0 fully saturated rings. The summed E-state index contributed by atoms with van der Waals surface area (Å²) in [4.78, 5) is 12.1. The number of benzene rings is 2. The van der Waals surface area contributed by atoms with Gasteiger partial charge >= 0.3 is 0 Å². The molecule has 0 aliphatic carbocycles. The Hall–Kier alpha value is -2.49. The molecule has 0 saturated heterocycles. The molecule has 0 radical (unpaired) electrons. The van der Waals surface area contributed by atoms with E-state index in [0.29, 0.717) is 37.5 Å². The van der Waals surface area contributed by atoms with Gasteiger partial charge in [-0.3, -0.25) is 4.79 Å². The van der Waals surface area contributed by atoms with E-state index in [2.05, 4.69) is 18.3 Å². The van der Waals surface area contributed by atoms with Gasteiger partial charge in [0.1, 0.15) is 11.5 Å². The maximum absolute atomic E-state index is 12.1. The zero-order valence-corrected chi connectivity index (χ0v) is 14.6. The molecule has 0 atom stereocenters. The minimum Gasteiger partial charge on any atom is -0.493 e. The fourth-order valence-corrected chi connectivity index (χ4v) is 2.44. The molecule has 0 aromatic heterocycles. The smallest absolute Gasteiger partial charge is 0.224 e. The third-order valence-electron chi connectivity index (χ3n) is 3.60. The van der Waals surface area contributed by atoms with E-state index in [1.807, 2.05) is 50.2 Å². The number of hydrogen-bond donors (Lipinski definition) is 1. The predicted octanol–water partition coefficient (Wildman–Crippen LogP) is 4.50. The third-order valence-corrected chi connectivity index (χ3v) is 3.60. The fourth-order valence-electron chi connectivity index (χ4n) is 2.44. The Morgan fingerprint density at radius 1 is 1.04 bits per heavy atom. The lowest BCUT2D eigenvalue weighted by Crippen LogP contribution is -2.13. The molecule has 0 aliphatic heterocycles. The summed E-state index contributed by atoms with van der Waals surface area (Å²) in [5.74, 6) is 1.54. The lowest BCUT2D eigenvalue weighted by molar-refractivity contribution is -0.116. The van der Waals surface area contributed by atoms with Crippen LogP contribution >= 0.6 is 0 Å². The molecule has 1 N–H and O–H groups in total. The summed E-state index contributed by atoms with van der Waals surface area (Å²) in [6, 6.07) is 13.5. The Morgan fingerprint density at radius 3 is 2.58 bits per heavy atom. The van der Waals surface area contributed by atoms with Gasteiger partial charge in [-0.15, -0.1) is 0 Å². The second-order valence-corrected chi connectivity index (χ2v) is 5.70. The van der Waals surface area contributed by atoms with Crippen molar-refractivity contribution >= 4 is 11.6 Å². The van der Waals surface area contributed by atoms with Gasteiger partial charge in [0, 0.05) is 6.42 Å². The van der Waals surface area contributed by atoms with Crippen LogP contribution in [0.5, 0.6) is 11.5 Å². The van der Waals surface area contributed by atoms with E-state index >= 15 is 0 Å². The van der Waals surface area contributed by atoms with Crippen LogP contribution in [-0.4, -0.2) is 19.1 Å². The maximum Gasteiger partial charge on any atom is 0.224 e. The summed E-state index contributed by atoms with van der Waals surface area (Å²) in [6.45, 7) is 7.09. The van der Waals surface area contributed by atoms with Gasteiger partial charge in [-0.25, -0.2) is 0 Å². The Kier molecular flexibility index (Phi) is 6.67. The predicted molar refractivity (Wildman–Crippen MR) is 96.9 cm³/mol. The molecule has 2 aromatic rings. The minimum absolute atomic E-state index is 0.0358. The number of carbonyl (C=O) groups excluding carboxylic acids is 1. The van der Waals surface area contributed by atoms with Crippen LogP contribution in [0, 0.1) is 13.8 Å². The standard InChI is InChI=1S/C20H25NO3/c1-4-23-19-9-6-5-8-17(19)21-20(22)10-7-13-24-18-12-11-15(2)14-16(18)3/h5-6,8-9,11-12,14H,4,7,10,13H2,1-3H3,(H,21,22). The molecule has 2 aromatic carbocycles. The average molecular weight is 327 g/mol. The van der Waals surface area contributed by atoms with Crippen LogP contribution in [0.3, 0.4) is 0 Å². The van der Waals surface area contributed by atoms with Gasteiger partial charge in [-0.1, -0.05) is 29.8 Å². The molecule has 0 bridgehead atoms. The van der Waals surface area contributed by atoms with Crippen LogP contribution in [0.4, 0.5) is 5.69 Å². The average Bonchev–Trinajstić information content (AvgIpc) is 2.55. The first-order valence-electron chi connectivity index (χ1n) is 8.32. The molecule has 4 nitrogen and oxygen atoms in total. The number of carbonyl (C=O) groups is 1. The van der Waals surface area contributed by atoms with Crippen LogP contribution in [0.1, 0.15) is 30.9 Å². The van der Waals surface area contributed by atoms with Crippen molar-refractivity contribution in [1.29, 1.82) is 0 Å². The van der Waals surface area contributed by atoms with Gasteiger partial charge in [0.2, 0.25) is 5.91 Å². The second-order valence-electron chi connectivity index (χ2n) is 5.70. The van der Waals surface area contributed by atoms with Crippen molar-refractivity contribution < 1.29 is 14.3 Å². The molecule has 2 rings (SSSR count). The first-order chi connectivity index (χ1) is 11.6. The summed E-state index contributed by atoms with van der Waals surface area (Å²) in [5.41, 5.74) is 3.04. The highest BCUT2D eigenvalue weighted by atomic mass is 16.5. The van der Waals surface area contributed by atoms with E-state index in [0.717, 1.165) is 11.3 Å². The van der Waals surface area contributed by atoms with E-state index in [1.54, 1.807) is 0 Å². The highest BCUT2D eigenvalue weighted by Gasteiger charge is 2.07. The van der Waals surface area contributed by atoms with Gasteiger partial charge in [0.25, 0.3) is 0 Å². The highest BCUT2D eigenvalue weighted by Crippen LogP contribution is 2.24. The van der Waals surface area contributed by atoms with Crippen molar-refractivity contribution in [3.05, 3.63) is 53.6 Å². The van der Waals surface area contributed by atoms with Crippen LogP contribution in [-0.2, 0) is 4.79 Å². The molecule has 0 spiro atoms. The minimum atomic E-state index is -0.0358. The number of hydrogen-bond acceptors (Lipinski definition) is 3. The van der Waals surface area contributed by atoms with E-state index in [1.165, 1.54) is 5.56 Å². The summed E-state index contributed by atoms with van der Waals surface area (Å²) in [7, 11) is 0. The van der Waals surface area contributed by atoms with Crippen molar-refractivity contribution in [2.75, 3.05) is 18.5 Å². The largest absolute Gasteiger partial charge is 0.493 e. The van der Waals surface area contributed by atoms with E-state index in [-0.39, 0.29) is 5.91 Å². The lowest BCUT2D eigenvalue weighted by atomic mass is 10.1. The van der Waals surface area contributed by atoms with Crippen molar-refractivity contribution in [1.82, 2.24) is 0 Å². The molecule has 24 heavy (non-hydrogen) atoms. The van der Waals surface area contributed by atoms with Crippen molar-refractivity contribution in [2.45, 2.75) is 33.6 Å². The van der Waals surface area contributed by atoms with Crippen molar-refractivity contribution in [3.8, 4) is 11.5 Å². The SMILES string of the molecule is CCOc1ccccc1NC(=O)CCCOc1ccc(C)cc1C. The van der Waals surface area contributed by atoms with E-state index in [9.17, 15) is 4.79 Å².